The molecule has 1 aliphatic carbocycles. The van der Waals surface area contributed by atoms with E-state index in [-0.39, 0.29) is 13.2 Å². The highest BCUT2D eigenvalue weighted by molar-refractivity contribution is 4.75. The maximum absolute atomic E-state index is 8.76. The highest BCUT2D eigenvalue weighted by Gasteiger charge is 2.25. The fourth-order valence-electron chi connectivity index (χ4n) is 1.59. The molecule has 2 atom stereocenters. The second kappa shape index (κ2) is 3.18. The van der Waals surface area contributed by atoms with E-state index in [4.69, 9.17) is 10.2 Å². The van der Waals surface area contributed by atoms with Crippen LogP contribution in [-0.4, -0.2) is 23.4 Å². The van der Waals surface area contributed by atoms with Crippen LogP contribution in [0.4, 0.5) is 0 Å². The number of rotatable bonds is 2. The van der Waals surface area contributed by atoms with Crippen molar-refractivity contribution in [3.8, 4) is 0 Å². The monoisotopic (exact) mass is 130 g/mol. The molecule has 1 rings (SSSR count). The molecular formula is C7H14O2. The molecule has 0 radical (unpaired) electrons. The van der Waals surface area contributed by atoms with E-state index in [1.54, 1.807) is 0 Å². The Morgan fingerprint density at radius 2 is 1.44 bits per heavy atom. The SMILES string of the molecule is OC[C@@H]1CCC[C@@H]1CO. The quantitative estimate of drug-likeness (QED) is 0.567. The highest BCUT2D eigenvalue weighted by Crippen LogP contribution is 2.30. The van der Waals surface area contributed by atoms with Crippen LogP contribution in [-0.2, 0) is 0 Å². The third-order valence-electron chi connectivity index (χ3n) is 2.29. The zero-order valence-corrected chi connectivity index (χ0v) is 5.58. The van der Waals surface area contributed by atoms with Gasteiger partial charge in [-0.05, 0) is 24.7 Å². The van der Waals surface area contributed by atoms with Crippen LogP contribution < -0.4 is 0 Å². The van der Waals surface area contributed by atoms with Gasteiger partial charge in [0.1, 0.15) is 0 Å². The molecule has 0 heterocycles. The second-order valence-corrected chi connectivity index (χ2v) is 2.82. The van der Waals surface area contributed by atoms with Gasteiger partial charge in [0.2, 0.25) is 0 Å². The molecule has 0 amide bonds. The van der Waals surface area contributed by atoms with E-state index >= 15 is 0 Å². The summed E-state index contributed by atoms with van der Waals surface area (Å²) in [7, 11) is 0. The summed E-state index contributed by atoms with van der Waals surface area (Å²) in [4.78, 5) is 0. The maximum atomic E-state index is 8.76. The predicted octanol–water partition coefficient (Wildman–Crippen LogP) is 0.387. The Labute approximate surface area is 55.5 Å². The number of hydrogen-bond acceptors (Lipinski definition) is 2. The van der Waals surface area contributed by atoms with Gasteiger partial charge in [0.05, 0.1) is 0 Å². The average Bonchev–Trinajstić information content (AvgIpc) is 2.33. The molecule has 0 aliphatic heterocycles. The largest absolute Gasteiger partial charge is 0.396 e. The fourth-order valence-corrected chi connectivity index (χ4v) is 1.59. The van der Waals surface area contributed by atoms with Gasteiger partial charge in [-0.2, -0.15) is 0 Å². The molecule has 1 fully saturated rings. The zero-order valence-electron chi connectivity index (χ0n) is 5.58. The molecule has 54 valence electrons. The van der Waals surface area contributed by atoms with Gasteiger partial charge in [-0.1, -0.05) is 6.42 Å². The molecular weight excluding hydrogens is 116 g/mol. The van der Waals surface area contributed by atoms with Crippen LogP contribution in [0.3, 0.4) is 0 Å². The molecule has 0 aromatic carbocycles. The van der Waals surface area contributed by atoms with Crippen molar-refractivity contribution >= 4 is 0 Å². The van der Waals surface area contributed by atoms with Gasteiger partial charge in [-0.3, -0.25) is 0 Å². The minimum Gasteiger partial charge on any atom is -0.396 e. The summed E-state index contributed by atoms with van der Waals surface area (Å²) in [5.41, 5.74) is 0. The Morgan fingerprint density at radius 3 is 1.78 bits per heavy atom. The van der Waals surface area contributed by atoms with E-state index in [0.29, 0.717) is 11.8 Å². The number of aliphatic hydroxyl groups is 2. The smallest absolute Gasteiger partial charge is 0.0462 e. The van der Waals surface area contributed by atoms with E-state index in [2.05, 4.69) is 0 Å². The van der Waals surface area contributed by atoms with Gasteiger partial charge in [-0.15, -0.1) is 0 Å². The third kappa shape index (κ3) is 1.43. The lowest BCUT2D eigenvalue weighted by atomic mass is 9.98. The first kappa shape index (κ1) is 7.03. The Morgan fingerprint density at radius 1 is 1.00 bits per heavy atom. The summed E-state index contributed by atoms with van der Waals surface area (Å²) < 4.78 is 0. The normalized spacial score (nSPS) is 35.3. The lowest BCUT2D eigenvalue weighted by Gasteiger charge is -2.12. The first-order chi connectivity index (χ1) is 4.38. The third-order valence-corrected chi connectivity index (χ3v) is 2.29. The van der Waals surface area contributed by atoms with E-state index in [0.717, 1.165) is 12.8 Å². The number of hydrogen-bond donors (Lipinski definition) is 2. The van der Waals surface area contributed by atoms with Crippen LogP contribution >= 0.6 is 0 Å². The molecule has 0 bridgehead atoms. The molecule has 0 aromatic heterocycles. The van der Waals surface area contributed by atoms with Crippen molar-refractivity contribution in [1.29, 1.82) is 0 Å². The van der Waals surface area contributed by atoms with Gasteiger partial charge < -0.3 is 10.2 Å². The van der Waals surface area contributed by atoms with Crippen LogP contribution in [0, 0.1) is 11.8 Å². The van der Waals surface area contributed by atoms with E-state index in [9.17, 15) is 0 Å². The first-order valence-electron chi connectivity index (χ1n) is 3.60. The van der Waals surface area contributed by atoms with Crippen LogP contribution in [0.15, 0.2) is 0 Å². The Bertz CT molecular complexity index is 73.0. The van der Waals surface area contributed by atoms with E-state index in [1.165, 1.54) is 6.42 Å². The van der Waals surface area contributed by atoms with Crippen molar-refractivity contribution < 1.29 is 10.2 Å². The number of aliphatic hydroxyl groups excluding tert-OH is 2. The van der Waals surface area contributed by atoms with Crippen molar-refractivity contribution in [2.75, 3.05) is 13.2 Å². The van der Waals surface area contributed by atoms with E-state index in [1.807, 2.05) is 0 Å². The van der Waals surface area contributed by atoms with Crippen molar-refractivity contribution in [1.82, 2.24) is 0 Å². The van der Waals surface area contributed by atoms with Crippen LogP contribution in [0.25, 0.3) is 0 Å². The molecule has 1 saturated carbocycles. The van der Waals surface area contributed by atoms with Gasteiger partial charge in [-0.25, -0.2) is 0 Å². The Hall–Kier alpha value is -0.0800. The van der Waals surface area contributed by atoms with Crippen molar-refractivity contribution in [2.24, 2.45) is 11.8 Å². The predicted molar refractivity (Wildman–Crippen MR) is 35.0 cm³/mol. The Balaban J connectivity index is 2.32. The molecule has 2 heteroatoms. The molecule has 1 aliphatic rings. The van der Waals surface area contributed by atoms with Crippen molar-refractivity contribution in [3.05, 3.63) is 0 Å². The molecule has 9 heavy (non-hydrogen) atoms. The van der Waals surface area contributed by atoms with Crippen LogP contribution in [0.1, 0.15) is 19.3 Å². The van der Waals surface area contributed by atoms with Gasteiger partial charge >= 0.3 is 0 Å². The highest BCUT2D eigenvalue weighted by atomic mass is 16.3. The summed E-state index contributed by atoms with van der Waals surface area (Å²) in [5.74, 6) is 0.769. The van der Waals surface area contributed by atoms with Gasteiger partial charge in [0.15, 0.2) is 0 Å². The van der Waals surface area contributed by atoms with Crippen molar-refractivity contribution in [2.45, 2.75) is 19.3 Å². The summed E-state index contributed by atoms with van der Waals surface area (Å²) in [6, 6.07) is 0. The second-order valence-electron chi connectivity index (χ2n) is 2.82. The average molecular weight is 130 g/mol. The molecule has 0 saturated heterocycles. The zero-order chi connectivity index (χ0) is 6.69. The van der Waals surface area contributed by atoms with Gasteiger partial charge in [0, 0.05) is 13.2 Å². The summed E-state index contributed by atoms with van der Waals surface area (Å²) >= 11 is 0. The minimum absolute atomic E-state index is 0.255. The van der Waals surface area contributed by atoms with Gasteiger partial charge in [0.25, 0.3) is 0 Å². The summed E-state index contributed by atoms with van der Waals surface area (Å²) in [6.07, 6.45) is 3.37. The molecule has 2 nitrogen and oxygen atoms in total. The lowest BCUT2D eigenvalue weighted by molar-refractivity contribution is 0.141. The van der Waals surface area contributed by atoms with Crippen molar-refractivity contribution in [3.63, 3.8) is 0 Å². The standard InChI is InChI=1S/C7H14O2/c8-4-6-2-1-3-7(6)5-9/h6-9H,1-5H2/t6-,7+. The first-order valence-corrected chi connectivity index (χ1v) is 3.60. The lowest BCUT2D eigenvalue weighted by Crippen LogP contribution is -2.15. The molecule has 2 N–H and O–H groups in total. The molecule has 0 spiro atoms. The summed E-state index contributed by atoms with van der Waals surface area (Å²) in [5, 5.41) is 17.5. The van der Waals surface area contributed by atoms with Crippen LogP contribution in [0.5, 0.6) is 0 Å². The maximum Gasteiger partial charge on any atom is 0.0462 e. The molecule has 0 aromatic rings. The summed E-state index contributed by atoms with van der Waals surface area (Å²) in [6.45, 7) is 0.510. The molecule has 0 unspecified atom stereocenters. The van der Waals surface area contributed by atoms with Crippen LogP contribution in [0.2, 0.25) is 0 Å². The fraction of sp³-hybridized carbons (Fsp3) is 1.00. The Kier molecular flexibility index (Phi) is 2.49. The minimum atomic E-state index is 0.255. The van der Waals surface area contributed by atoms with E-state index < -0.39 is 0 Å². The topological polar surface area (TPSA) is 40.5 Å².